The van der Waals surface area contributed by atoms with E-state index in [2.05, 4.69) is 20.9 Å². The average Bonchev–Trinajstić information content (AvgIpc) is 2.41. The van der Waals surface area contributed by atoms with E-state index in [0.717, 1.165) is 11.3 Å². The largest absolute Gasteiger partial charge is 0.323 e. The maximum Gasteiger partial charge on any atom is 0.137 e. The first-order valence-corrected chi connectivity index (χ1v) is 6.50. The molecule has 0 aliphatic heterocycles. The van der Waals surface area contributed by atoms with Gasteiger partial charge >= 0.3 is 0 Å². The fourth-order valence-corrected chi connectivity index (χ4v) is 2.23. The molecule has 2 rings (SSSR count). The summed E-state index contributed by atoms with van der Waals surface area (Å²) in [6, 6.07) is 10.4. The van der Waals surface area contributed by atoms with Crippen molar-refractivity contribution in [2.75, 3.05) is 0 Å². The molecule has 1 aromatic carbocycles. The monoisotopic (exact) mass is 308 g/mol. The maximum absolute atomic E-state index is 13.2. The number of hydrogen-bond donors (Lipinski definition) is 1. The standard InChI is InChI=1S/C14H14BrFN2/c1-9(13-4-2-3-7-18-13)14(17)10-5-6-12(16)11(15)8-10/h2-9,14H,17H2,1H3. The average molecular weight is 309 g/mol. The van der Waals surface area contributed by atoms with Crippen molar-refractivity contribution < 1.29 is 4.39 Å². The summed E-state index contributed by atoms with van der Waals surface area (Å²) in [6.45, 7) is 2.02. The van der Waals surface area contributed by atoms with Crippen LogP contribution in [-0.4, -0.2) is 4.98 Å². The molecule has 2 atom stereocenters. The molecule has 18 heavy (non-hydrogen) atoms. The molecule has 0 amide bonds. The molecule has 0 spiro atoms. The summed E-state index contributed by atoms with van der Waals surface area (Å²) < 4.78 is 13.6. The van der Waals surface area contributed by atoms with Gasteiger partial charge in [0.25, 0.3) is 0 Å². The second-order valence-corrected chi connectivity index (χ2v) is 5.10. The number of rotatable bonds is 3. The molecule has 0 bridgehead atoms. The highest BCUT2D eigenvalue weighted by atomic mass is 79.9. The number of nitrogens with two attached hydrogens (primary N) is 1. The van der Waals surface area contributed by atoms with Crippen molar-refractivity contribution in [1.82, 2.24) is 4.98 Å². The van der Waals surface area contributed by atoms with Crippen molar-refractivity contribution in [2.45, 2.75) is 18.9 Å². The van der Waals surface area contributed by atoms with Gasteiger partial charge < -0.3 is 5.73 Å². The molecule has 0 fully saturated rings. The first-order chi connectivity index (χ1) is 8.59. The van der Waals surface area contributed by atoms with Crippen LogP contribution < -0.4 is 5.73 Å². The van der Waals surface area contributed by atoms with E-state index in [0.29, 0.717) is 4.47 Å². The lowest BCUT2D eigenvalue weighted by Gasteiger charge is -2.20. The summed E-state index contributed by atoms with van der Waals surface area (Å²) >= 11 is 3.17. The number of aromatic nitrogens is 1. The van der Waals surface area contributed by atoms with Crippen LogP contribution >= 0.6 is 15.9 Å². The van der Waals surface area contributed by atoms with Crippen LogP contribution in [0.25, 0.3) is 0 Å². The molecular weight excluding hydrogens is 295 g/mol. The third-order valence-electron chi connectivity index (χ3n) is 3.02. The van der Waals surface area contributed by atoms with Crippen LogP contribution in [0.3, 0.4) is 0 Å². The zero-order valence-corrected chi connectivity index (χ0v) is 11.6. The summed E-state index contributed by atoms with van der Waals surface area (Å²) in [5.74, 6) is -0.208. The molecule has 2 nitrogen and oxygen atoms in total. The van der Waals surface area contributed by atoms with Crippen LogP contribution in [0.4, 0.5) is 4.39 Å². The van der Waals surface area contributed by atoms with E-state index >= 15 is 0 Å². The molecule has 0 saturated carbocycles. The lowest BCUT2D eigenvalue weighted by Crippen LogP contribution is -2.18. The summed E-state index contributed by atoms with van der Waals surface area (Å²) in [5.41, 5.74) is 8.03. The molecule has 1 heterocycles. The maximum atomic E-state index is 13.2. The van der Waals surface area contributed by atoms with Gasteiger partial charge in [0.05, 0.1) is 4.47 Å². The first kappa shape index (κ1) is 13.2. The van der Waals surface area contributed by atoms with E-state index in [4.69, 9.17) is 5.73 Å². The molecule has 2 unspecified atom stereocenters. The fourth-order valence-electron chi connectivity index (χ4n) is 1.84. The predicted octanol–water partition coefficient (Wildman–Crippen LogP) is 3.79. The predicted molar refractivity (Wildman–Crippen MR) is 73.7 cm³/mol. The van der Waals surface area contributed by atoms with Crippen LogP contribution in [0.15, 0.2) is 47.1 Å². The number of benzene rings is 1. The Kier molecular flexibility index (Phi) is 4.09. The third kappa shape index (κ3) is 2.76. The molecule has 1 aromatic heterocycles. The molecule has 2 N–H and O–H groups in total. The molecule has 94 valence electrons. The van der Waals surface area contributed by atoms with E-state index in [9.17, 15) is 4.39 Å². The molecule has 0 radical (unpaired) electrons. The van der Waals surface area contributed by atoms with Gasteiger partial charge in [0, 0.05) is 23.9 Å². The van der Waals surface area contributed by atoms with Crippen molar-refractivity contribution in [3.63, 3.8) is 0 Å². The smallest absolute Gasteiger partial charge is 0.137 e. The lowest BCUT2D eigenvalue weighted by atomic mass is 9.92. The van der Waals surface area contributed by atoms with Gasteiger partial charge in [-0.25, -0.2) is 4.39 Å². The van der Waals surface area contributed by atoms with Gasteiger partial charge in [-0.05, 0) is 45.8 Å². The Hall–Kier alpha value is -1.26. The molecule has 4 heteroatoms. The fraction of sp³-hybridized carbons (Fsp3) is 0.214. The third-order valence-corrected chi connectivity index (χ3v) is 3.63. The second kappa shape index (κ2) is 5.59. The van der Waals surface area contributed by atoms with Gasteiger partial charge in [0.2, 0.25) is 0 Å². The van der Waals surface area contributed by atoms with Crippen molar-refractivity contribution in [1.29, 1.82) is 0 Å². The van der Waals surface area contributed by atoms with Crippen molar-refractivity contribution in [3.8, 4) is 0 Å². The number of pyridine rings is 1. The Bertz CT molecular complexity index is 531. The zero-order chi connectivity index (χ0) is 13.1. The Morgan fingerprint density at radius 3 is 2.67 bits per heavy atom. The van der Waals surface area contributed by atoms with Crippen LogP contribution in [0.1, 0.15) is 30.1 Å². The van der Waals surface area contributed by atoms with Gasteiger partial charge in [-0.3, -0.25) is 4.98 Å². The molecule has 2 aromatic rings. The second-order valence-electron chi connectivity index (χ2n) is 4.24. The molecule has 0 saturated heterocycles. The topological polar surface area (TPSA) is 38.9 Å². The summed E-state index contributed by atoms with van der Waals surface area (Å²) in [5, 5.41) is 0. The SMILES string of the molecule is CC(c1ccccn1)C(N)c1ccc(F)c(Br)c1. The van der Waals surface area contributed by atoms with Gasteiger partial charge in [-0.1, -0.05) is 19.1 Å². The first-order valence-electron chi connectivity index (χ1n) is 5.71. The van der Waals surface area contributed by atoms with Crippen LogP contribution in [0, 0.1) is 5.82 Å². The van der Waals surface area contributed by atoms with Crippen molar-refractivity contribution in [2.24, 2.45) is 5.73 Å². The molecule has 0 aliphatic carbocycles. The van der Waals surface area contributed by atoms with E-state index in [1.807, 2.05) is 25.1 Å². The van der Waals surface area contributed by atoms with Gasteiger partial charge in [-0.2, -0.15) is 0 Å². The minimum atomic E-state index is -0.281. The van der Waals surface area contributed by atoms with Crippen molar-refractivity contribution in [3.05, 3.63) is 64.1 Å². The van der Waals surface area contributed by atoms with Crippen LogP contribution in [0.5, 0.6) is 0 Å². The van der Waals surface area contributed by atoms with E-state index in [1.54, 1.807) is 18.3 Å². The minimum Gasteiger partial charge on any atom is -0.323 e. The summed E-state index contributed by atoms with van der Waals surface area (Å²) in [6.07, 6.45) is 1.75. The highest BCUT2D eigenvalue weighted by Crippen LogP contribution is 2.29. The highest BCUT2D eigenvalue weighted by Gasteiger charge is 2.18. The van der Waals surface area contributed by atoms with Gasteiger partial charge in [0.1, 0.15) is 5.82 Å². The Balaban J connectivity index is 2.25. The minimum absolute atomic E-state index is 0.0727. The quantitative estimate of drug-likeness (QED) is 0.937. The number of halogens is 2. The van der Waals surface area contributed by atoms with Crippen LogP contribution in [-0.2, 0) is 0 Å². The number of hydrogen-bond acceptors (Lipinski definition) is 2. The summed E-state index contributed by atoms with van der Waals surface area (Å²) in [4.78, 5) is 4.30. The normalized spacial score (nSPS) is 14.2. The van der Waals surface area contributed by atoms with Gasteiger partial charge in [-0.15, -0.1) is 0 Å². The van der Waals surface area contributed by atoms with Crippen LogP contribution in [0.2, 0.25) is 0 Å². The van der Waals surface area contributed by atoms with E-state index in [-0.39, 0.29) is 17.8 Å². The Morgan fingerprint density at radius 2 is 2.06 bits per heavy atom. The lowest BCUT2D eigenvalue weighted by molar-refractivity contribution is 0.578. The zero-order valence-electron chi connectivity index (χ0n) is 9.98. The molecule has 0 aliphatic rings. The van der Waals surface area contributed by atoms with E-state index in [1.165, 1.54) is 6.07 Å². The Labute approximate surface area is 114 Å². The molecular formula is C14H14BrFN2. The number of nitrogens with zero attached hydrogens (tertiary/aromatic N) is 1. The van der Waals surface area contributed by atoms with E-state index < -0.39 is 0 Å². The highest BCUT2D eigenvalue weighted by molar-refractivity contribution is 9.10. The van der Waals surface area contributed by atoms with Gasteiger partial charge in [0.15, 0.2) is 0 Å². The Morgan fingerprint density at radius 1 is 1.28 bits per heavy atom. The van der Waals surface area contributed by atoms with Crippen molar-refractivity contribution >= 4 is 15.9 Å². The summed E-state index contributed by atoms with van der Waals surface area (Å²) in [7, 11) is 0.